The van der Waals surface area contributed by atoms with Gasteiger partial charge in [-0.2, -0.15) is 4.72 Å². The summed E-state index contributed by atoms with van der Waals surface area (Å²) >= 11 is 0. The largest absolute Gasteiger partial charge is 0.323 e. The maximum Gasteiger partial charge on any atom is 0.227 e. The first-order valence-corrected chi connectivity index (χ1v) is 12.7. The fraction of sp³-hybridized carbons (Fsp3) is 0.458. The van der Waals surface area contributed by atoms with Gasteiger partial charge in [-0.25, -0.2) is 12.8 Å². The lowest BCUT2D eigenvalue weighted by Crippen LogP contribution is -2.50. The third-order valence-corrected chi connectivity index (χ3v) is 8.58. The number of benzene rings is 2. The number of likely N-dealkylation sites (tertiary alicyclic amines) is 1. The van der Waals surface area contributed by atoms with Gasteiger partial charge in [0.1, 0.15) is 11.1 Å². The molecule has 2 fully saturated rings. The number of piperidine rings is 1. The number of halogens is 1. The predicted octanol–water partition coefficient (Wildman–Crippen LogP) is 3.81. The molecule has 0 saturated carbocycles. The highest BCUT2D eigenvalue weighted by molar-refractivity contribution is 7.90. The fourth-order valence-electron chi connectivity index (χ4n) is 4.93. The average Bonchev–Trinajstić information content (AvgIpc) is 3.06. The molecule has 172 valence electrons. The van der Waals surface area contributed by atoms with Gasteiger partial charge in [0.15, 0.2) is 0 Å². The van der Waals surface area contributed by atoms with Gasteiger partial charge in [0.25, 0.3) is 0 Å². The summed E-state index contributed by atoms with van der Waals surface area (Å²) < 4.78 is 42.8. The highest BCUT2D eigenvalue weighted by Crippen LogP contribution is 2.41. The number of nitrogens with zero attached hydrogens (tertiary/aromatic N) is 1. The van der Waals surface area contributed by atoms with Crippen LogP contribution in [0.4, 0.5) is 10.1 Å². The maximum absolute atomic E-state index is 13.8. The number of amides is 1. The molecule has 2 aliphatic heterocycles. The molecule has 2 N–H and O–H groups in total. The van der Waals surface area contributed by atoms with Gasteiger partial charge in [0.2, 0.25) is 15.9 Å². The van der Waals surface area contributed by atoms with Gasteiger partial charge in [0.05, 0.1) is 11.9 Å². The normalized spacial score (nSPS) is 26.2. The molecule has 0 bridgehead atoms. The molecule has 2 saturated heterocycles. The number of hydrogen-bond acceptors (Lipinski definition) is 4. The molecule has 0 radical (unpaired) electrons. The molecule has 32 heavy (non-hydrogen) atoms. The topological polar surface area (TPSA) is 78.5 Å². The number of anilines is 1. The maximum atomic E-state index is 13.8. The molecule has 1 amide bonds. The van der Waals surface area contributed by atoms with Crippen LogP contribution in [-0.2, 0) is 14.8 Å². The third kappa shape index (κ3) is 4.58. The van der Waals surface area contributed by atoms with Crippen LogP contribution in [0.2, 0.25) is 0 Å². The first-order chi connectivity index (χ1) is 15.3. The van der Waals surface area contributed by atoms with Crippen molar-refractivity contribution in [2.24, 2.45) is 11.8 Å². The van der Waals surface area contributed by atoms with Crippen molar-refractivity contribution in [3.63, 3.8) is 0 Å². The summed E-state index contributed by atoms with van der Waals surface area (Å²) in [6, 6.07) is 13.8. The summed E-state index contributed by atoms with van der Waals surface area (Å²) in [7, 11) is -3.50. The Hall–Kier alpha value is -2.29. The fourth-order valence-corrected chi connectivity index (χ4v) is 7.05. The van der Waals surface area contributed by atoms with E-state index >= 15 is 0 Å². The standard InChI is InChI=1S/C24H30FN3O3S/c1-3-19-22(17-10-8-16(2)9-11-17)32(30,31)27-23(19)28-14-12-18(13-15-28)24(29)26-21-7-5-4-6-20(21)25/h4-11,18-19,22-23,27H,3,12-15H2,1-2H3,(H,26,29). The van der Waals surface area contributed by atoms with E-state index in [1.807, 2.05) is 38.1 Å². The van der Waals surface area contributed by atoms with Crippen LogP contribution in [-0.4, -0.2) is 38.5 Å². The van der Waals surface area contributed by atoms with Crippen molar-refractivity contribution in [2.75, 3.05) is 18.4 Å². The van der Waals surface area contributed by atoms with Crippen LogP contribution in [0.5, 0.6) is 0 Å². The van der Waals surface area contributed by atoms with Gasteiger partial charge in [-0.3, -0.25) is 9.69 Å². The second-order valence-corrected chi connectivity index (χ2v) is 10.6. The summed E-state index contributed by atoms with van der Waals surface area (Å²) in [5.41, 5.74) is 2.10. The highest BCUT2D eigenvalue weighted by Gasteiger charge is 2.49. The van der Waals surface area contributed by atoms with E-state index in [0.717, 1.165) is 17.5 Å². The highest BCUT2D eigenvalue weighted by atomic mass is 32.2. The van der Waals surface area contributed by atoms with Crippen molar-refractivity contribution in [2.45, 2.75) is 44.5 Å². The number of carbonyl (C=O) groups is 1. The Morgan fingerprint density at radius 3 is 2.41 bits per heavy atom. The van der Waals surface area contributed by atoms with E-state index in [9.17, 15) is 17.6 Å². The molecule has 2 aliphatic rings. The molecule has 0 aromatic heterocycles. The van der Waals surface area contributed by atoms with E-state index in [0.29, 0.717) is 25.9 Å². The lowest BCUT2D eigenvalue weighted by Gasteiger charge is -2.37. The van der Waals surface area contributed by atoms with Crippen LogP contribution in [0.25, 0.3) is 0 Å². The van der Waals surface area contributed by atoms with Crippen molar-refractivity contribution in [3.05, 3.63) is 65.5 Å². The summed E-state index contributed by atoms with van der Waals surface area (Å²) in [5.74, 6) is -0.943. The van der Waals surface area contributed by atoms with Gasteiger partial charge in [0, 0.05) is 24.9 Å². The molecule has 3 unspecified atom stereocenters. The molecule has 6 nitrogen and oxygen atoms in total. The molecule has 2 aromatic rings. The van der Waals surface area contributed by atoms with Crippen molar-refractivity contribution in [3.8, 4) is 0 Å². The Morgan fingerprint density at radius 2 is 1.78 bits per heavy atom. The minimum atomic E-state index is -3.50. The average molecular weight is 460 g/mol. The quantitative estimate of drug-likeness (QED) is 0.713. The van der Waals surface area contributed by atoms with Gasteiger partial charge in [-0.1, -0.05) is 48.9 Å². The number of para-hydroxylation sites is 1. The summed E-state index contributed by atoms with van der Waals surface area (Å²) in [6.45, 7) is 5.23. The predicted molar refractivity (Wildman–Crippen MR) is 123 cm³/mol. The van der Waals surface area contributed by atoms with Crippen molar-refractivity contribution < 1.29 is 17.6 Å². The van der Waals surface area contributed by atoms with E-state index in [1.54, 1.807) is 18.2 Å². The molecule has 4 rings (SSSR count). The second-order valence-electron chi connectivity index (χ2n) is 8.79. The summed E-state index contributed by atoms with van der Waals surface area (Å²) in [6.07, 6.45) is 1.64. The molecule has 2 aromatic carbocycles. The zero-order chi connectivity index (χ0) is 22.9. The Morgan fingerprint density at radius 1 is 1.12 bits per heavy atom. The Bertz CT molecular complexity index is 1070. The number of rotatable bonds is 5. The monoisotopic (exact) mass is 459 g/mol. The van der Waals surface area contributed by atoms with Crippen molar-refractivity contribution in [1.82, 2.24) is 9.62 Å². The van der Waals surface area contributed by atoms with Crippen LogP contribution in [0.15, 0.2) is 48.5 Å². The summed E-state index contributed by atoms with van der Waals surface area (Å²) in [5, 5.41) is 2.10. The van der Waals surface area contributed by atoms with Gasteiger partial charge >= 0.3 is 0 Å². The number of carbonyl (C=O) groups excluding carboxylic acids is 1. The van der Waals surface area contributed by atoms with Crippen LogP contribution in [0.3, 0.4) is 0 Å². The van der Waals surface area contributed by atoms with Crippen molar-refractivity contribution in [1.29, 1.82) is 0 Å². The van der Waals surface area contributed by atoms with Gasteiger partial charge in [-0.15, -0.1) is 0 Å². The minimum Gasteiger partial charge on any atom is -0.323 e. The van der Waals surface area contributed by atoms with Crippen LogP contribution >= 0.6 is 0 Å². The first-order valence-electron chi connectivity index (χ1n) is 11.2. The number of aryl methyl sites for hydroxylation is 1. The molecular formula is C24H30FN3O3S. The van der Waals surface area contributed by atoms with Crippen LogP contribution in [0, 0.1) is 24.6 Å². The number of sulfonamides is 1. The van der Waals surface area contributed by atoms with E-state index in [1.165, 1.54) is 6.07 Å². The van der Waals surface area contributed by atoms with Gasteiger partial charge < -0.3 is 5.32 Å². The van der Waals surface area contributed by atoms with Crippen molar-refractivity contribution >= 4 is 21.6 Å². The van der Waals surface area contributed by atoms with Crippen LogP contribution < -0.4 is 10.0 Å². The second kappa shape index (κ2) is 9.29. The molecular weight excluding hydrogens is 429 g/mol. The summed E-state index contributed by atoms with van der Waals surface area (Å²) in [4.78, 5) is 14.8. The smallest absolute Gasteiger partial charge is 0.227 e. The number of hydrogen-bond donors (Lipinski definition) is 2. The Balaban J connectivity index is 1.43. The molecule has 8 heteroatoms. The zero-order valence-electron chi connectivity index (χ0n) is 18.4. The van der Waals surface area contributed by atoms with Crippen LogP contribution in [0.1, 0.15) is 42.6 Å². The SMILES string of the molecule is CCC1C(N2CCC(C(=O)Nc3ccccc3F)CC2)NS(=O)(=O)C1c1ccc(C)cc1. The van der Waals surface area contributed by atoms with Gasteiger partial charge in [-0.05, 0) is 43.9 Å². The molecule has 0 spiro atoms. The third-order valence-electron chi connectivity index (χ3n) is 6.72. The molecule has 3 atom stereocenters. The van der Waals surface area contributed by atoms with E-state index in [-0.39, 0.29) is 29.6 Å². The zero-order valence-corrected chi connectivity index (χ0v) is 19.2. The Labute approximate surface area is 189 Å². The van der Waals surface area contributed by atoms with E-state index < -0.39 is 21.1 Å². The first kappa shape index (κ1) is 22.9. The molecule has 0 aliphatic carbocycles. The lowest BCUT2D eigenvalue weighted by atomic mass is 9.90. The number of nitrogens with one attached hydrogen (secondary N) is 2. The minimum absolute atomic E-state index is 0.0773. The molecule has 2 heterocycles. The lowest BCUT2D eigenvalue weighted by molar-refractivity contribution is -0.121. The Kier molecular flexibility index (Phi) is 6.65. The van der Waals surface area contributed by atoms with E-state index in [2.05, 4.69) is 14.9 Å². The van der Waals surface area contributed by atoms with E-state index in [4.69, 9.17) is 0 Å².